The number of ether oxygens (including phenoxy) is 1. The second-order valence-electron chi connectivity index (χ2n) is 4.76. The Morgan fingerprint density at radius 2 is 2.12 bits per heavy atom. The molecular formula is C11H21F3N2O. The summed E-state index contributed by atoms with van der Waals surface area (Å²) in [5.74, 6) is 0. The number of nitrogens with one attached hydrogen (secondary N) is 1. The Balaban J connectivity index is 2.36. The standard InChI is InChI=1S/C11H21F3N2O/c1-3-10(2)9-16(6-4-5-15-10)7-8-17-11(12,13)14/h15H,3-9H2,1-2H3. The lowest BCUT2D eigenvalue weighted by Crippen LogP contribution is -2.49. The molecule has 0 aliphatic carbocycles. The van der Waals surface area contributed by atoms with Crippen LogP contribution in [0.1, 0.15) is 26.7 Å². The Labute approximate surface area is 100 Å². The molecule has 0 aromatic carbocycles. The normalized spacial score (nSPS) is 28.1. The molecule has 1 atom stereocenters. The first-order valence-corrected chi connectivity index (χ1v) is 6.03. The van der Waals surface area contributed by atoms with E-state index < -0.39 is 6.36 Å². The van der Waals surface area contributed by atoms with Crippen molar-refractivity contribution in [1.29, 1.82) is 0 Å². The van der Waals surface area contributed by atoms with Gasteiger partial charge in [0.1, 0.15) is 0 Å². The summed E-state index contributed by atoms with van der Waals surface area (Å²) in [5, 5.41) is 3.44. The van der Waals surface area contributed by atoms with Gasteiger partial charge in [-0.25, -0.2) is 0 Å². The Kier molecular flexibility index (Phi) is 5.22. The van der Waals surface area contributed by atoms with Crippen LogP contribution >= 0.6 is 0 Å². The maximum absolute atomic E-state index is 11.9. The molecule has 17 heavy (non-hydrogen) atoms. The third-order valence-electron chi connectivity index (χ3n) is 3.23. The molecule has 1 saturated heterocycles. The van der Waals surface area contributed by atoms with Gasteiger partial charge in [0, 0.05) is 18.6 Å². The van der Waals surface area contributed by atoms with E-state index in [4.69, 9.17) is 0 Å². The van der Waals surface area contributed by atoms with E-state index in [9.17, 15) is 13.2 Å². The van der Waals surface area contributed by atoms with Gasteiger partial charge in [-0.05, 0) is 32.9 Å². The van der Waals surface area contributed by atoms with Gasteiger partial charge in [0.05, 0.1) is 6.61 Å². The number of hydrogen-bond donors (Lipinski definition) is 1. The molecular weight excluding hydrogens is 233 g/mol. The first-order chi connectivity index (χ1) is 7.85. The summed E-state index contributed by atoms with van der Waals surface area (Å²) >= 11 is 0. The minimum atomic E-state index is -4.52. The highest BCUT2D eigenvalue weighted by Gasteiger charge is 2.30. The summed E-state index contributed by atoms with van der Waals surface area (Å²) < 4.78 is 39.4. The topological polar surface area (TPSA) is 24.5 Å². The molecule has 0 radical (unpaired) electrons. The van der Waals surface area contributed by atoms with E-state index in [0.717, 1.165) is 32.5 Å². The second-order valence-corrected chi connectivity index (χ2v) is 4.76. The molecule has 1 aliphatic heterocycles. The summed E-state index contributed by atoms with van der Waals surface area (Å²) in [5.41, 5.74) is -0.00523. The van der Waals surface area contributed by atoms with Crippen molar-refractivity contribution in [3.8, 4) is 0 Å². The Morgan fingerprint density at radius 3 is 2.71 bits per heavy atom. The summed E-state index contributed by atoms with van der Waals surface area (Å²) in [4.78, 5) is 2.04. The van der Waals surface area contributed by atoms with Gasteiger partial charge < -0.3 is 5.32 Å². The summed E-state index contributed by atoms with van der Waals surface area (Å²) in [6.45, 7) is 6.74. The molecule has 1 fully saturated rings. The van der Waals surface area contributed by atoms with Crippen molar-refractivity contribution in [3.63, 3.8) is 0 Å². The molecule has 6 heteroatoms. The largest absolute Gasteiger partial charge is 0.522 e. The molecule has 1 N–H and O–H groups in total. The molecule has 0 saturated carbocycles. The average Bonchev–Trinajstić information content (AvgIpc) is 2.39. The summed E-state index contributed by atoms with van der Waals surface area (Å²) in [6.07, 6.45) is -2.59. The first kappa shape index (κ1) is 14.7. The Hall–Kier alpha value is -0.330. The van der Waals surface area contributed by atoms with Crippen molar-refractivity contribution in [2.75, 3.05) is 32.8 Å². The van der Waals surface area contributed by atoms with Gasteiger partial charge in [0.2, 0.25) is 0 Å². The van der Waals surface area contributed by atoms with Crippen molar-refractivity contribution in [2.45, 2.75) is 38.6 Å². The number of rotatable bonds is 4. The van der Waals surface area contributed by atoms with Crippen LogP contribution in [0.5, 0.6) is 0 Å². The third-order valence-corrected chi connectivity index (χ3v) is 3.23. The van der Waals surface area contributed by atoms with Crippen LogP contribution in [0, 0.1) is 0 Å². The van der Waals surface area contributed by atoms with E-state index in [0.29, 0.717) is 6.54 Å². The number of alkyl halides is 3. The highest BCUT2D eigenvalue weighted by atomic mass is 19.4. The van der Waals surface area contributed by atoms with E-state index in [-0.39, 0.29) is 12.1 Å². The minimum Gasteiger partial charge on any atom is -0.310 e. The van der Waals surface area contributed by atoms with Crippen LogP contribution in [-0.2, 0) is 4.74 Å². The fraction of sp³-hybridized carbons (Fsp3) is 1.00. The molecule has 1 rings (SSSR count). The van der Waals surface area contributed by atoms with E-state index in [1.165, 1.54) is 0 Å². The fourth-order valence-corrected chi connectivity index (χ4v) is 2.04. The fourth-order valence-electron chi connectivity index (χ4n) is 2.04. The van der Waals surface area contributed by atoms with Crippen molar-refractivity contribution in [1.82, 2.24) is 10.2 Å². The summed E-state index contributed by atoms with van der Waals surface area (Å²) in [7, 11) is 0. The first-order valence-electron chi connectivity index (χ1n) is 6.03. The quantitative estimate of drug-likeness (QED) is 0.830. The van der Waals surface area contributed by atoms with Crippen molar-refractivity contribution >= 4 is 0 Å². The van der Waals surface area contributed by atoms with E-state index in [2.05, 4.69) is 23.9 Å². The molecule has 102 valence electrons. The lowest BCUT2D eigenvalue weighted by molar-refractivity contribution is -0.325. The zero-order valence-electron chi connectivity index (χ0n) is 10.4. The average molecular weight is 254 g/mol. The monoisotopic (exact) mass is 254 g/mol. The van der Waals surface area contributed by atoms with Crippen LogP contribution in [0.3, 0.4) is 0 Å². The highest BCUT2D eigenvalue weighted by molar-refractivity contribution is 4.87. The lowest BCUT2D eigenvalue weighted by Gasteiger charge is -2.32. The van der Waals surface area contributed by atoms with E-state index in [1.807, 2.05) is 4.90 Å². The van der Waals surface area contributed by atoms with Gasteiger partial charge in [-0.1, -0.05) is 6.92 Å². The molecule has 1 aliphatic rings. The van der Waals surface area contributed by atoms with E-state index >= 15 is 0 Å². The molecule has 1 unspecified atom stereocenters. The van der Waals surface area contributed by atoms with Gasteiger partial charge in [-0.15, -0.1) is 13.2 Å². The van der Waals surface area contributed by atoms with Gasteiger partial charge in [0.25, 0.3) is 0 Å². The zero-order valence-corrected chi connectivity index (χ0v) is 10.4. The molecule has 0 aromatic heterocycles. The number of halogens is 3. The van der Waals surface area contributed by atoms with Gasteiger partial charge in [-0.2, -0.15) is 0 Å². The van der Waals surface area contributed by atoms with Crippen molar-refractivity contribution in [2.24, 2.45) is 0 Å². The summed E-state index contributed by atoms with van der Waals surface area (Å²) in [6, 6.07) is 0. The van der Waals surface area contributed by atoms with Crippen LogP contribution in [0.2, 0.25) is 0 Å². The SMILES string of the molecule is CCC1(C)CN(CCOC(F)(F)F)CCCN1. The van der Waals surface area contributed by atoms with Gasteiger partial charge in [-0.3, -0.25) is 9.64 Å². The lowest BCUT2D eigenvalue weighted by atomic mass is 9.99. The highest BCUT2D eigenvalue weighted by Crippen LogP contribution is 2.17. The van der Waals surface area contributed by atoms with Crippen LogP contribution in [0.15, 0.2) is 0 Å². The number of nitrogens with zero attached hydrogens (tertiary/aromatic N) is 1. The second kappa shape index (κ2) is 6.02. The predicted molar refractivity (Wildman–Crippen MR) is 59.8 cm³/mol. The Morgan fingerprint density at radius 1 is 1.41 bits per heavy atom. The molecule has 1 heterocycles. The molecule has 0 bridgehead atoms. The van der Waals surface area contributed by atoms with Crippen molar-refractivity contribution in [3.05, 3.63) is 0 Å². The van der Waals surface area contributed by atoms with Gasteiger partial charge in [0.15, 0.2) is 0 Å². The smallest absolute Gasteiger partial charge is 0.310 e. The predicted octanol–water partition coefficient (Wildman–Crippen LogP) is 1.99. The minimum absolute atomic E-state index is 0.00523. The molecule has 0 aromatic rings. The zero-order chi connectivity index (χ0) is 12.9. The maximum Gasteiger partial charge on any atom is 0.522 e. The van der Waals surface area contributed by atoms with Crippen molar-refractivity contribution < 1.29 is 17.9 Å². The number of hydrogen-bond acceptors (Lipinski definition) is 3. The third kappa shape index (κ3) is 5.70. The van der Waals surface area contributed by atoms with Crippen LogP contribution in [-0.4, -0.2) is 49.6 Å². The van der Waals surface area contributed by atoms with Crippen LogP contribution in [0.25, 0.3) is 0 Å². The maximum atomic E-state index is 11.9. The van der Waals surface area contributed by atoms with Gasteiger partial charge >= 0.3 is 6.36 Å². The molecule has 0 amide bonds. The van der Waals surface area contributed by atoms with Crippen LogP contribution < -0.4 is 5.32 Å². The van der Waals surface area contributed by atoms with Crippen LogP contribution in [0.4, 0.5) is 13.2 Å². The Bertz CT molecular complexity index is 235. The molecule has 0 spiro atoms. The molecule has 3 nitrogen and oxygen atoms in total. The van der Waals surface area contributed by atoms with E-state index in [1.54, 1.807) is 0 Å².